The molecule has 0 saturated carbocycles. The number of hydrogen-bond donors (Lipinski definition) is 1. The third kappa shape index (κ3) is 3.86. The minimum absolute atomic E-state index is 0.0146. The Hall–Kier alpha value is -3.75. The quantitative estimate of drug-likeness (QED) is 0.503. The van der Waals surface area contributed by atoms with Gasteiger partial charge in [-0.2, -0.15) is 0 Å². The summed E-state index contributed by atoms with van der Waals surface area (Å²) in [6.07, 6.45) is 1.22. The Kier molecular flexibility index (Phi) is 5.18. The molecule has 0 aliphatic carbocycles. The summed E-state index contributed by atoms with van der Waals surface area (Å²) < 4.78 is 19.4. The predicted octanol–water partition coefficient (Wildman–Crippen LogP) is 4.17. The SMILES string of the molecule is Cc1c(F)cc(-c2ncc(C3CN(C(=O)OCc4ccccc4)C3)[nH]2)cc1[N+](=O)[O-]. The van der Waals surface area contributed by atoms with Gasteiger partial charge in [-0.1, -0.05) is 30.3 Å². The van der Waals surface area contributed by atoms with Gasteiger partial charge in [0.25, 0.3) is 5.69 Å². The number of hydrogen-bond acceptors (Lipinski definition) is 5. The second-order valence-corrected chi connectivity index (χ2v) is 7.19. The van der Waals surface area contributed by atoms with E-state index in [0.717, 1.165) is 11.3 Å². The molecular weight excluding hydrogens is 391 g/mol. The first-order valence-corrected chi connectivity index (χ1v) is 9.38. The number of aromatic nitrogens is 2. The lowest BCUT2D eigenvalue weighted by atomic mass is 9.98. The van der Waals surface area contributed by atoms with Crippen molar-refractivity contribution in [3.63, 3.8) is 0 Å². The van der Waals surface area contributed by atoms with Crippen LogP contribution in [0.5, 0.6) is 0 Å². The average Bonchev–Trinajstić information content (AvgIpc) is 3.17. The Morgan fingerprint density at radius 1 is 1.33 bits per heavy atom. The zero-order valence-electron chi connectivity index (χ0n) is 16.2. The maximum Gasteiger partial charge on any atom is 0.410 e. The van der Waals surface area contributed by atoms with Gasteiger partial charge in [-0.15, -0.1) is 0 Å². The fourth-order valence-electron chi connectivity index (χ4n) is 3.32. The van der Waals surface area contributed by atoms with Crippen LogP contribution in [-0.4, -0.2) is 39.0 Å². The lowest BCUT2D eigenvalue weighted by molar-refractivity contribution is -0.385. The molecule has 4 rings (SSSR count). The molecule has 2 heterocycles. The van der Waals surface area contributed by atoms with Crippen molar-refractivity contribution >= 4 is 11.8 Å². The molecular formula is C21H19FN4O4. The number of aromatic amines is 1. The number of nitro groups is 1. The topological polar surface area (TPSA) is 101 Å². The van der Waals surface area contributed by atoms with Crippen LogP contribution in [0.2, 0.25) is 0 Å². The van der Waals surface area contributed by atoms with Crippen LogP contribution in [0, 0.1) is 22.9 Å². The van der Waals surface area contributed by atoms with E-state index in [1.165, 1.54) is 19.1 Å². The first kappa shape index (κ1) is 19.6. The second kappa shape index (κ2) is 7.94. The summed E-state index contributed by atoms with van der Waals surface area (Å²) in [6, 6.07) is 12.0. The first-order chi connectivity index (χ1) is 14.4. The number of H-pyrrole nitrogens is 1. The van der Waals surface area contributed by atoms with Gasteiger partial charge in [0.1, 0.15) is 18.2 Å². The molecule has 0 radical (unpaired) electrons. The van der Waals surface area contributed by atoms with Gasteiger partial charge in [-0.05, 0) is 18.6 Å². The van der Waals surface area contributed by atoms with Gasteiger partial charge in [0.15, 0.2) is 0 Å². The number of nitro benzene ring substituents is 1. The third-order valence-electron chi connectivity index (χ3n) is 5.17. The minimum Gasteiger partial charge on any atom is -0.445 e. The van der Waals surface area contributed by atoms with E-state index in [9.17, 15) is 19.3 Å². The Labute approximate surface area is 171 Å². The second-order valence-electron chi connectivity index (χ2n) is 7.19. The van der Waals surface area contributed by atoms with E-state index in [1.54, 1.807) is 11.1 Å². The lowest BCUT2D eigenvalue weighted by Gasteiger charge is -2.37. The molecule has 1 aliphatic rings. The van der Waals surface area contributed by atoms with E-state index >= 15 is 0 Å². The van der Waals surface area contributed by atoms with Crippen molar-refractivity contribution in [2.75, 3.05) is 13.1 Å². The molecule has 1 amide bonds. The van der Waals surface area contributed by atoms with E-state index in [0.29, 0.717) is 24.5 Å². The van der Waals surface area contributed by atoms with Gasteiger partial charge in [0.2, 0.25) is 0 Å². The molecule has 1 fully saturated rings. The van der Waals surface area contributed by atoms with Gasteiger partial charge in [-0.25, -0.2) is 14.2 Å². The van der Waals surface area contributed by atoms with Crippen LogP contribution in [0.1, 0.15) is 22.7 Å². The number of carbonyl (C=O) groups is 1. The minimum atomic E-state index is -0.659. The maximum absolute atomic E-state index is 14.1. The highest BCUT2D eigenvalue weighted by Crippen LogP contribution is 2.31. The van der Waals surface area contributed by atoms with Crippen LogP contribution in [0.15, 0.2) is 48.7 Å². The number of benzene rings is 2. The number of ether oxygens (including phenoxy) is 1. The van der Waals surface area contributed by atoms with Gasteiger partial charge in [0, 0.05) is 42.5 Å². The van der Waals surface area contributed by atoms with Gasteiger partial charge < -0.3 is 14.6 Å². The number of nitrogens with zero attached hydrogens (tertiary/aromatic N) is 3. The Morgan fingerprint density at radius 3 is 2.77 bits per heavy atom. The number of likely N-dealkylation sites (tertiary alicyclic amines) is 1. The third-order valence-corrected chi connectivity index (χ3v) is 5.17. The zero-order valence-corrected chi connectivity index (χ0v) is 16.2. The van der Waals surface area contributed by atoms with Gasteiger partial charge in [-0.3, -0.25) is 10.1 Å². The highest BCUT2D eigenvalue weighted by atomic mass is 19.1. The maximum atomic E-state index is 14.1. The van der Waals surface area contributed by atoms with Crippen molar-refractivity contribution in [3.05, 3.63) is 81.4 Å². The van der Waals surface area contributed by atoms with Crippen LogP contribution >= 0.6 is 0 Å². The summed E-state index contributed by atoms with van der Waals surface area (Å²) in [5.74, 6) is -0.272. The van der Waals surface area contributed by atoms with Crippen molar-refractivity contribution in [3.8, 4) is 11.4 Å². The molecule has 1 N–H and O–H groups in total. The van der Waals surface area contributed by atoms with E-state index < -0.39 is 10.7 Å². The molecule has 3 aromatic rings. The summed E-state index contributed by atoms with van der Waals surface area (Å²) in [6.45, 7) is 2.52. The molecule has 9 heteroatoms. The molecule has 1 aromatic heterocycles. The van der Waals surface area contributed by atoms with E-state index in [2.05, 4.69) is 9.97 Å². The summed E-state index contributed by atoms with van der Waals surface area (Å²) in [5.41, 5.74) is 1.69. The normalized spacial score (nSPS) is 13.7. The fraction of sp³-hybridized carbons (Fsp3) is 0.238. The molecule has 0 atom stereocenters. The van der Waals surface area contributed by atoms with Crippen molar-refractivity contribution < 1.29 is 18.8 Å². The molecule has 154 valence electrons. The molecule has 0 unspecified atom stereocenters. The highest BCUT2D eigenvalue weighted by Gasteiger charge is 2.34. The van der Waals surface area contributed by atoms with Gasteiger partial charge in [0.05, 0.1) is 10.5 Å². The molecule has 2 aromatic carbocycles. The lowest BCUT2D eigenvalue weighted by Crippen LogP contribution is -2.48. The predicted molar refractivity (Wildman–Crippen MR) is 106 cm³/mol. The van der Waals surface area contributed by atoms with Crippen LogP contribution in [0.25, 0.3) is 11.4 Å². The molecule has 30 heavy (non-hydrogen) atoms. The Balaban J connectivity index is 1.38. The van der Waals surface area contributed by atoms with Crippen molar-refractivity contribution in [2.24, 2.45) is 0 Å². The number of rotatable bonds is 5. The van der Waals surface area contributed by atoms with E-state index in [1.807, 2.05) is 30.3 Å². The van der Waals surface area contributed by atoms with Crippen LogP contribution in [0.3, 0.4) is 0 Å². The standard InChI is InChI=1S/C21H19FN4O4/c1-13-17(22)7-15(8-19(13)26(28)29)20-23-9-18(24-20)16-10-25(11-16)21(27)30-12-14-5-3-2-4-6-14/h2-9,16H,10-12H2,1H3,(H,23,24). The number of carbonyl (C=O) groups excluding carboxylic acids is 1. The molecule has 8 nitrogen and oxygen atoms in total. The van der Waals surface area contributed by atoms with Crippen molar-refractivity contribution in [1.29, 1.82) is 0 Å². The fourth-order valence-corrected chi connectivity index (χ4v) is 3.32. The van der Waals surface area contributed by atoms with E-state index in [4.69, 9.17) is 4.74 Å². The van der Waals surface area contributed by atoms with Crippen LogP contribution in [0.4, 0.5) is 14.9 Å². The number of imidazole rings is 1. The van der Waals surface area contributed by atoms with Crippen LogP contribution in [-0.2, 0) is 11.3 Å². The van der Waals surface area contributed by atoms with Crippen LogP contribution < -0.4 is 0 Å². The summed E-state index contributed by atoms with van der Waals surface area (Å²) >= 11 is 0. The first-order valence-electron chi connectivity index (χ1n) is 9.38. The highest BCUT2D eigenvalue weighted by molar-refractivity contribution is 5.69. The number of halogens is 1. The summed E-state index contributed by atoms with van der Waals surface area (Å²) in [7, 11) is 0. The summed E-state index contributed by atoms with van der Waals surface area (Å²) in [4.78, 5) is 31.6. The molecule has 1 aliphatic heterocycles. The van der Waals surface area contributed by atoms with Crippen molar-refractivity contribution in [1.82, 2.24) is 14.9 Å². The zero-order chi connectivity index (χ0) is 21.3. The van der Waals surface area contributed by atoms with Crippen molar-refractivity contribution in [2.45, 2.75) is 19.4 Å². The largest absolute Gasteiger partial charge is 0.445 e. The van der Waals surface area contributed by atoms with Gasteiger partial charge >= 0.3 is 6.09 Å². The smallest absolute Gasteiger partial charge is 0.410 e. The molecule has 1 saturated heterocycles. The molecule has 0 bridgehead atoms. The molecule has 0 spiro atoms. The Bertz CT molecular complexity index is 1090. The monoisotopic (exact) mass is 410 g/mol. The average molecular weight is 410 g/mol. The number of nitrogens with one attached hydrogen (secondary N) is 1. The summed E-state index contributed by atoms with van der Waals surface area (Å²) in [5, 5.41) is 11.1. The Morgan fingerprint density at radius 2 is 2.07 bits per heavy atom. The number of amides is 1. The van der Waals surface area contributed by atoms with E-state index in [-0.39, 0.29) is 29.9 Å².